The second kappa shape index (κ2) is 9.62. The maximum absolute atomic E-state index is 13.0. The number of hydrogen-bond donors (Lipinski definition) is 0. The van der Waals surface area contributed by atoms with Gasteiger partial charge < -0.3 is 9.80 Å². The van der Waals surface area contributed by atoms with Gasteiger partial charge in [-0.05, 0) is 61.3 Å². The number of nitrogens with zero attached hydrogens (tertiary/aromatic N) is 2. The Morgan fingerprint density at radius 1 is 1.09 bits per heavy atom. The lowest BCUT2D eigenvalue weighted by molar-refractivity contribution is -0.137. The van der Waals surface area contributed by atoms with Crippen molar-refractivity contribution in [2.75, 3.05) is 32.9 Å². The summed E-state index contributed by atoms with van der Waals surface area (Å²) < 4.78 is 62.4. The summed E-state index contributed by atoms with van der Waals surface area (Å²) in [6, 6.07) is 10.8. The second-order valence-electron chi connectivity index (χ2n) is 8.24. The van der Waals surface area contributed by atoms with Gasteiger partial charge in [-0.1, -0.05) is 24.3 Å². The summed E-state index contributed by atoms with van der Waals surface area (Å²) in [5.74, 6) is -0.251. The summed E-state index contributed by atoms with van der Waals surface area (Å²) in [6.07, 6.45) is -1.19. The topological polar surface area (TPSA) is 57.7 Å². The zero-order valence-corrected chi connectivity index (χ0v) is 18.9. The molecule has 2 aromatic carbocycles. The van der Waals surface area contributed by atoms with E-state index >= 15 is 0 Å². The summed E-state index contributed by atoms with van der Waals surface area (Å²) in [6.45, 7) is 2.37. The SMILES string of the molecule is CN(C(=O)Cc1ccc(C(F)(F)F)cc1)C(CN1CCCC1)c1cccc(S(C)(=O)=O)c1. The predicted octanol–water partition coefficient (Wildman–Crippen LogP) is 3.95. The Morgan fingerprint density at radius 2 is 1.72 bits per heavy atom. The van der Waals surface area contributed by atoms with Crippen LogP contribution in [0.1, 0.15) is 35.6 Å². The van der Waals surface area contributed by atoms with E-state index in [9.17, 15) is 26.4 Å². The zero-order valence-electron chi connectivity index (χ0n) is 18.1. The minimum atomic E-state index is -4.43. The van der Waals surface area contributed by atoms with E-state index in [0.29, 0.717) is 17.7 Å². The molecule has 1 aliphatic rings. The van der Waals surface area contributed by atoms with Gasteiger partial charge in [0.1, 0.15) is 0 Å². The van der Waals surface area contributed by atoms with Crippen molar-refractivity contribution in [1.82, 2.24) is 9.80 Å². The fraction of sp³-hybridized carbons (Fsp3) is 0.435. The van der Waals surface area contributed by atoms with E-state index in [1.807, 2.05) is 0 Å². The molecule has 5 nitrogen and oxygen atoms in total. The molecule has 1 amide bonds. The highest BCUT2D eigenvalue weighted by atomic mass is 32.2. The van der Waals surface area contributed by atoms with Gasteiger partial charge in [-0.25, -0.2) is 8.42 Å². The Hall–Kier alpha value is -2.39. The van der Waals surface area contributed by atoms with Gasteiger partial charge in [-0.15, -0.1) is 0 Å². The minimum absolute atomic E-state index is 0.0447. The van der Waals surface area contributed by atoms with E-state index in [2.05, 4.69) is 4.90 Å². The van der Waals surface area contributed by atoms with Gasteiger partial charge >= 0.3 is 6.18 Å². The van der Waals surface area contributed by atoms with E-state index in [-0.39, 0.29) is 23.3 Å². The molecule has 0 saturated carbocycles. The third-order valence-electron chi connectivity index (χ3n) is 5.80. The summed E-state index contributed by atoms with van der Waals surface area (Å²) >= 11 is 0. The van der Waals surface area contributed by atoms with E-state index in [1.54, 1.807) is 30.1 Å². The standard InChI is InChI=1S/C23H27F3N2O3S/c1-27(22(29)14-17-8-10-19(11-9-17)23(24,25)26)21(16-28-12-3-4-13-28)18-6-5-7-20(15-18)32(2,30)31/h5-11,15,21H,3-4,12-14,16H2,1-2H3. The Morgan fingerprint density at radius 3 is 2.28 bits per heavy atom. The molecule has 9 heteroatoms. The summed E-state index contributed by atoms with van der Waals surface area (Å²) in [5, 5.41) is 0. The van der Waals surface area contributed by atoms with Gasteiger partial charge in [-0.2, -0.15) is 13.2 Å². The van der Waals surface area contributed by atoms with Gasteiger partial charge in [-0.3, -0.25) is 4.79 Å². The van der Waals surface area contributed by atoms with Crippen LogP contribution in [0, 0.1) is 0 Å². The van der Waals surface area contributed by atoms with E-state index in [4.69, 9.17) is 0 Å². The molecule has 1 saturated heterocycles. The first-order valence-electron chi connectivity index (χ1n) is 10.4. The number of amides is 1. The first-order valence-corrected chi connectivity index (χ1v) is 12.3. The second-order valence-corrected chi connectivity index (χ2v) is 10.3. The molecular formula is C23H27F3N2O3S. The average Bonchev–Trinajstić information content (AvgIpc) is 3.24. The number of hydrogen-bond acceptors (Lipinski definition) is 4. The quantitative estimate of drug-likeness (QED) is 0.618. The van der Waals surface area contributed by atoms with Crippen molar-refractivity contribution in [3.63, 3.8) is 0 Å². The molecule has 0 aromatic heterocycles. The molecule has 3 rings (SSSR count). The van der Waals surface area contributed by atoms with Crippen molar-refractivity contribution in [3.8, 4) is 0 Å². The number of alkyl halides is 3. The van der Waals surface area contributed by atoms with Crippen LogP contribution in [-0.4, -0.2) is 57.1 Å². The van der Waals surface area contributed by atoms with Crippen LogP contribution in [-0.2, 0) is 27.2 Å². The molecule has 0 N–H and O–H groups in total. The number of carbonyl (C=O) groups is 1. The summed E-state index contributed by atoms with van der Waals surface area (Å²) in [5.41, 5.74) is 0.439. The minimum Gasteiger partial charge on any atom is -0.337 e. The fourth-order valence-electron chi connectivity index (χ4n) is 3.90. The molecule has 1 atom stereocenters. The summed E-state index contributed by atoms with van der Waals surface area (Å²) in [4.78, 5) is 17.0. The number of sulfone groups is 1. The van der Waals surface area contributed by atoms with Gasteiger partial charge in [0.2, 0.25) is 5.91 Å². The van der Waals surface area contributed by atoms with E-state index in [1.165, 1.54) is 18.2 Å². The van der Waals surface area contributed by atoms with Crippen LogP contribution in [0.5, 0.6) is 0 Å². The molecule has 0 bridgehead atoms. The van der Waals surface area contributed by atoms with Crippen LogP contribution in [0.15, 0.2) is 53.4 Å². The normalized spacial score (nSPS) is 16.2. The van der Waals surface area contributed by atoms with Crippen LogP contribution in [0.4, 0.5) is 13.2 Å². The fourth-order valence-corrected chi connectivity index (χ4v) is 4.57. The van der Waals surface area contributed by atoms with E-state index < -0.39 is 21.6 Å². The Balaban J connectivity index is 1.83. The monoisotopic (exact) mass is 468 g/mol. The third kappa shape index (κ3) is 6.10. The van der Waals surface area contributed by atoms with Crippen LogP contribution in [0.25, 0.3) is 0 Å². The highest BCUT2D eigenvalue weighted by Gasteiger charge is 2.30. The Kier molecular flexibility index (Phi) is 7.29. The predicted molar refractivity (Wildman–Crippen MR) is 116 cm³/mol. The van der Waals surface area contributed by atoms with Crippen molar-refractivity contribution in [1.29, 1.82) is 0 Å². The lowest BCUT2D eigenvalue weighted by atomic mass is 10.0. The third-order valence-corrected chi connectivity index (χ3v) is 6.91. The maximum Gasteiger partial charge on any atom is 0.416 e. The van der Waals surface area contributed by atoms with Crippen molar-refractivity contribution in [2.24, 2.45) is 0 Å². The average molecular weight is 469 g/mol. The number of benzene rings is 2. The first-order chi connectivity index (χ1) is 14.9. The van der Waals surface area contributed by atoms with Crippen molar-refractivity contribution >= 4 is 15.7 Å². The van der Waals surface area contributed by atoms with Crippen LogP contribution in [0.2, 0.25) is 0 Å². The lowest BCUT2D eigenvalue weighted by Gasteiger charge is -2.32. The molecule has 174 valence electrons. The van der Waals surface area contributed by atoms with Crippen molar-refractivity contribution < 1.29 is 26.4 Å². The highest BCUT2D eigenvalue weighted by Crippen LogP contribution is 2.30. The maximum atomic E-state index is 13.0. The smallest absolute Gasteiger partial charge is 0.337 e. The van der Waals surface area contributed by atoms with Gasteiger partial charge in [0.25, 0.3) is 0 Å². The van der Waals surface area contributed by atoms with Gasteiger partial charge in [0.05, 0.1) is 22.9 Å². The Labute approximate surface area is 186 Å². The van der Waals surface area contributed by atoms with Gasteiger partial charge in [0, 0.05) is 19.8 Å². The first kappa shape index (κ1) is 24.3. The summed E-state index contributed by atoms with van der Waals surface area (Å²) in [7, 11) is -1.75. The van der Waals surface area contributed by atoms with E-state index in [0.717, 1.165) is 44.3 Å². The van der Waals surface area contributed by atoms with Crippen LogP contribution >= 0.6 is 0 Å². The molecule has 1 heterocycles. The molecule has 2 aromatic rings. The molecule has 32 heavy (non-hydrogen) atoms. The zero-order chi connectivity index (χ0) is 23.5. The number of carbonyl (C=O) groups excluding carboxylic acids is 1. The Bertz CT molecular complexity index is 1050. The largest absolute Gasteiger partial charge is 0.416 e. The van der Waals surface area contributed by atoms with Crippen LogP contribution < -0.4 is 0 Å². The molecular weight excluding hydrogens is 441 g/mol. The molecule has 1 unspecified atom stereocenters. The number of rotatable bonds is 7. The number of halogens is 3. The van der Waals surface area contributed by atoms with Crippen molar-refractivity contribution in [2.45, 2.75) is 36.4 Å². The molecule has 0 spiro atoms. The molecule has 1 fully saturated rings. The number of likely N-dealkylation sites (N-methyl/N-ethyl adjacent to an activating group) is 1. The van der Waals surface area contributed by atoms with Crippen molar-refractivity contribution in [3.05, 3.63) is 65.2 Å². The number of likely N-dealkylation sites (tertiary alicyclic amines) is 1. The molecule has 1 aliphatic heterocycles. The molecule has 0 radical (unpaired) electrons. The lowest BCUT2D eigenvalue weighted by Crippen LogP contribution is -2.39. The highest BCUT2D eigenvalue weighted by molar-refractivity contribution is 7.90. The van der Waals surface area contributed by atoms with Gasteiger partial charge in [0.15, 0.2) is 9.84 Å². The molecule has 0 aliphatic carbocycles. The van der Waals surface area contributed by atoms with Crippen LogP contribution in [0.3, 0.4) is 0 Å².